The van der Waals surface area contributed by atoms with Crippen LogP contribution in [0.15, 0.2) is 55.4 Å². The molecule has 0 aliphatic carbocycles. The molecule has 3 aromatic rings. The molecule has 4 rings (SSSR count). The lowest BCUT2D eigenvalue weighted by Crippen LogP contribution is -2.39. The van der Waals surface area contributed by atoms with Gasteiger partial charge in [0.15, 0.2) is 5.78 Å². The maximum absolute atomic E-state index is 12.7. The molecular formula is C25H24F3N7O4. The fourth-order valence-electron chi connectivity index (χ4n) is 3.73. The predicted octanol–water partition coefficient (Wildman–Crippen LogP) is 3.79. The van der Waals surface area contributed by atoms with Crippen molar-refractivity contribution in [3.8, 4) is 5.75 Å². The summed E-state index contributed by atoms with van der Waals surface area (Å²) < 4.78 is 43.7. The zero-order valence-electron chi connectivity index (χ0n) is 20.9. The van der Waals surface area contributed by atoms with Gasteiger partial charge in [-0.1, -0.05) is 6.58 Å². The topological polar surface area (TPSA) is 133 Å². The van der Waals surface area contributed by atoms with Crippen molar-refractivity contribution >= 4 is 46.3 Å². The van der Waals surface area contributed by atoms with Gasteiger partial charge < -0.3 is 25.4 Å². The molecule has 3 heterocycles. The van der Waals surface area contributed by atoms with Gasteiger partial charge in [0.25, 0.3) is 0 Å². The number of carbonyl (C=O) groups excluding carboxylic acids is 2. The summed E-state index contributed by atoms with van der Waals surface area (Å²) in [4.78, 5) is 38.2. The third kappa shape index (κ3) is 6.06. The lowest BCUT2D eigenvalue weighted by Gasteiger charge is -2.33. The molecule has 14 heteroatoms. The van der Waals surface area contributed by atoms with E-state index in [9.17, 15) is 27.9 Å². The Kier molecular flexibility index (Phi) is 7.67. The molecule has 1 unspecified atom stereocenters. The Morgan fingerprint density at radius 1 is 1.18 bits per heavy atom. The number of aliphatic hydroxyl groups is 1. The Hall–Kier alpha value is -4.72. The number of pyridine rings is 1. The number of aliphatic hydroxyl groups excluding tert-OH is 1. The fraction of sp³-hybridized carbons (Fsp3) is 0.240. The van der Waals surface area contributed by atoms with Crippen molar-refractivity contribution < 1.29 is 32.6 Å². The van der Waals surface area contributed by atoms with Crippen molar-refractivity contribution in [2.24, 2.45) is 0 Å². The molecule has 3 N–H and O–H groups in total. The average Bonchev–Trinajstić information content (AvgIpc) is 2.91. The summed E-state index contributed by atoms with van der Waals surface area (Å²) in [6, 6.07) is 7.82. The van der Waals surface area contributed by atoms with Crippen LogP contribution in [-0.4, -0.2) is 64.4 Å². The van der Waals surface area contributed by atoms with Crippen LogP contribution < -0.4 is 25.2 Å². The molecule has 0 saturated carbocycles. The van der Waals surface area contributed by atoms with Gasteiger partial charge in [0, 0.05) is 18.9 Å². The van der Waals surface area contributed by atoms with Crippen molar-refractivity contribution in [3.05, 3.63) is 60.9 Å². The molecular weight excluding hydrogens is 519 g/mol. The van der Waals surface area contributed by atoms with Gasteiger partial charge in [-0.2, -0.15) is 18.2 Å². The van der Waals surface area contributed by atoms with Crippen LogP contribution >= 0.6 is 0 Å². The van der Waals surface area contributed by atoms with Crippen LogP contribution in [0.3, 0.4) is 0 Å². The third-order valence-electron chi connectivity index (χ3n) is 5.71. The van der Waals surface area contributed by atoms with E-state index in [0.717, 1.165) is 7.05 Å². The Labute approximate surface area is 221 Å². The van der Waals surface area contributed by atoms with Crippen LogP contribution in [0.2, 0.25) is 0 Å². The SMILES string of the molecule is C=CC(O)N1CCOc2ccc(Nc3nc(Nc4ccc(N(C)C(=O)C(F)(F)F)nc4)ncc3C(C)=O)cc21. The molecule has 0 fully saturated rings. The normalized spacial score (nSPS) is 13.5. The van der Waals surface area contributed by atoms with Gasteiger partial charge in [-0.15, -0.1) is 0 Å². The second-order valence-corrected chi connectivity index (χ2v) is 8.40. The number of rotatable bonds is 8. The molecule has 2 aromatic heterocycles. The molecule has 11 nitrogen and oxygen atoms in total. The molecule has 204 valence electrons. The number of nitrogens with zero attached hydrogens (tertiary/aromatic N) is 5. The standard InChI is InChI=1S/C25H24F3N7O4/c1-4-21(37)35-9-10-39-19-7-5-15(11-18(19)35)31-22-17(14(2)36)13-30-24(33-22)32-16-6-8-20(29-12-16)34(3)23(38)25(26,27)28/h4-8,11-13,21,37H,1,9-10H2,2-3H3,(H2,30,31,32,33). The number of ketones is 1. The molecule has 1 aliphatic heterocycles. The quantitative estimate of drug-likeness (QED) is 0.285. The second-order valence-electron chi connectivity index (χ2n) is 8.40. The number of nitrogens with one attached hydrogen (secondary N) is 2. The Morgan fingerprint density at radius 3 is 2.56 bits per heavy atom. The second kappa shape index (κ2) is 10.9. The Morgan fingerprint density at radius 2 is 1.92 bits per heavy atom. The number of amides is 1. The summed E-state index contributed by atoms with van der Waals surface area (Å²) in [5, 5.41) is 16.3. The first-order chi connectivity index (χ1) is 18.5. The van der Waals surface area contributed by atoms with Gasteiger partial charge in [-0.3, -0.25) is 14.5 Å². The lowest BCUT2D eigenvalue weighted by atomic mass is 10.2. The van der Waals surface area contributed by atoms with Crippen LogP contribution in [0.4, 0.5) is 47.8 Å². The van der Waals surface area contributed by atoms with Crippen molar-refractivity contribution in [2.75, 3.05) is 40.6 Å². The summed E-state index contributed by atoms with van der Waals surface area (Å²) in [6.07, 6.45) is -2.01. The maximum atomic E-state index is 12.7. The minimum Gasteiger partial charge on any atom is -0.490 e. The van der Waals surface area contributed by atoms with Crippen LogP contribution in [0, 0.1) is 0 Å². The van der Waals surface area contributed by atoms with E-state index in [0.29, 0.717) is 40.9 Å². The van der Waals surface area contributed by atoms with Crippen molar-refractivity contribution in [2.45, 2.75) is 19.3 Å². The van der Waals surface area contributed by atoms with Gasteiger partial charge in [0.05, 0.1) is 29.7 Å². The lowest BCUT2D eigenvalue weighted by molar-refractivity contribution is -0.170. The highest BCUT2D eigenvalue weighted by Gasteiger charge is 2.42. The molecule has 0 saturated heterocycles. The van der Waals surface area contributed by atoms with Crippen molar-refractivity contribution in [1.82, 2.24) is 15.0 Å². The highest BCUT2D eigenvalue weighted by atomic mass is 19.4. The number of anilines is 6. The van der Waals surface area contributed by atoms with E-state index in [1.165, 1.54) is 37.5 Å². The highest BCUT2D eigenvalue weighted by molar-refractivity contribution is 5.99. The van der Waals surface area contributed by atoms with E-state index in [2.05, 4.69) is 32.2 Å². The summed E-state index contributed by atoms with van der Waals surface area (Å²) in [7, 11) is 0.969. The first-order valence-electron chi connectivity index (χ1n) is 11.5. The van der Waals surface area contributed by atoms with E-state index < -0.39 is 18.3 Å². The Bertz CT molecular complexity index is 1400. The number of hydrogen-bond acceptors (Lipinski definition) is 10. The van der Waals surface area contributed by atoms with Gasteiger partial charge in [0.2, 0.25) is 5.95 Å². The van der Waals surface area contributed by atoms with Crippen LogP contribution in [0.1, 0.15) is 17.3 Å². The smallest absolute Gasteiger partial charge is 0.471 e. The molecule has 1 aromatic carbocycles. The minimum atomic E-state index is -5.03. The number of halogens is 3. The third-order valence-corrected chi connectivity index (χ3v) is 5.71. The van der Waals surface area contributed by atoms with Gasteiger partial charge in [-0.05, 0) is 43.3 Å². The van der Waals surface area contributed by atoms with Gasteiger partial charge in [-0.25, -0.2) is 9.97 Å². The largest absolute Gasteiger partial charge is 0.490 e. The maximum Gasteiger partial charge on any atom is 0.471 e. The number of Topliss-reactive ketones (excluding diaryl/α,β-unsaturated/α-hetero) is 1. The molecule has 1 amide bonds. The summed E-state index contributed by atoms with van der Waals surface area (Å²) in [6.45, 7) is 5.83. The van der Waals surface area contributed by atoms with Crippen molar-refractivity contribution in [1.29, 1.82) is 0 Å². The number of ether oxygens (including phenoxy) is 1. The predicted molar refractivity (Wildman–Crippen MR) is 138 cm³/mol. The van der Waals surface area contributed by atoms with E-state index >= 15 is 0 Å². The van der Waals surface area contributed by atoms with Crippen LogP contribution in [0.25, 0.3) is 0 Å². The zero-order valence-corrected chi connectivity index (χ0v) is 20.9. The van der Waals surface area contributed by atoms with Crippen LogP contribution in [0.5, 0.6) is 5.75 Å². The van der Waals surface area contributed by atoms with E-state index in [-0.39, 0.29) is 28.9 Å². The van der Waals surface area contributed by atoms with Gasteiger partial charge >= 0.3 is 12.1 Å². The number of benzene rings is 1. The average molecular weight is 544 g/mol. The molecule has 1 atom stereocenters. The first-order valence-corrected chi connectivity index (χ1v) is 11.5. The van der Waals surface area contributed by atoms with Gasteiger partial charge in [0.1, 0.15) is 30.2 Å². The Balaban J connectivity index is 1.57. The number of carbonyl (C=O) groups is 2. The number of alkyl halides is 3. The minimum absolute atomic E-state index is 0.0711. The van der Waals surface area contributed by atoms with E-state index in [4.69, 9.17) is 4.74 Å². The zero-order chi connectivity index (χ0) is 28.3. The highest BCUT2D eigenvalue weighted by Crippen LogP contribution is 2.36. The van der Waals surface area contributed by atoms with E-state index in [1.807, 2.05) is 0 Å². The summed E-state index contributed by atoms with van der Waals surface area (Å²) >= 11 is 0. The molecule has 0 radical (unpaired) electrons. The summed E-state index contributed by atoms with van der Waals surface area (Å²) in [5.74, 6) is -1.72. The summed E-state index contributed by atoms with van der Waals surface area (Å²) in [5.41, 5.74) is 1.71. The molecule has 0 spiro atoms. The van der Waals surface area contributed by atoms with Crippen molar-refractivity contribution in [3.63, 3.8) is 0 Å². The monoisotopic (exact) mass is 543 g/mol. The first kappa shape index (κ1) is 27.3. The number of aromatic nitrogens is 3. The fourth-order valence-corrected chi connectivity index (χ4v) is 3.73. The molecule has 0 bridgehead atoms. The van der Waals surface area contributed by atoms with E-state index in [1.54, 1.807) is 23.1 Å². The number of fused-ring (bicyclic) bond motifs is 1. The molecule has 1 aliphatic rings. The van der Waals surface area contributed by atoms with Crippen LogP contribution in [-0.2, 0) is 4.79 Å². The number of hydrogen-bond donors (Lipinski definition) is 3. The molecule has 39 heavy (non-hydrogen) atoms.